The Kier molecular flexibility index (Phi) is 2.31. The van der Waals surface area contributed by atoms with Crippen molar-refractivity contribution < 1.29 is 0 Å². The minimum Gasteiger partial charge on any atom is -0.0995 e. The van der Waals surface area contributed by atoms with E-state index >= 15 is 0 Å². The van der Waals surface area contributed by atoms with Gasteiger partial charge in [0.05, 0.1) is 0 Å². The standard InChI is InChI=1S/C13H20/c1-11-7-5-3-4-6-9-13(2)10-8-12(11)13/h3-4,12H,1,5-10H2,2H3. The summed E-state index contributed by atoms with van der Waals surface area (Å²) in [6.07, 6.45) is 12.6. The Bertz CT molecular complexity index is 236. The van der Waals surface area contributed by atoms with E-state index in [0.29, 0.717) is 5.41 Å². The van der Waals surface area contributed by atoms with Crippen LogP contribution in [0.2, 0.25) is 0 Å². The van der Waals surface area contributed by atoms with Gasteiger partial charge in [0.25, 0.3) is 0 Å². The quantitative estimate of drug-likeness (QED) is 0.488. The Labute approximate surface area is 81.7 Å². The molecule has 13 heavy (non-hydrogen) atoms. The highest BCUT2D eigenvalue weighted by molar-refractivity contribution is 5.14. The Hall–Kier alpha value is -0.520. The molecule has 0 nitrogen and oxygen atoms in total. The highest BCUT2D eigenvalue weighted by Gasteiger charge is 2.42. The van der Waals surface area contributed by atoms with Crippen LogP contribution in [0.5, 0.6) is 0 Å². The predicted molar refractivity (Wildman–Crippen MR) is 57.6 cm³/mol. The van der Waals surface area contributed by atoms with E-state index < -0.39 is 0 Å². The van der Waals surface area contributed by atoms with Crippen LogP contribution in [-0.4, -0.2) is 0 Å². The number of hydrogen-bond donors (Lipinski definition) is 0. The molecule has 1 saturated carbocycles. The van der Waals surface area contributed by atoms with Crippen molar-refractivity contribution in [1.82, 2.24) is 0 Å². The van der Waals surface area contributed by atoms with E-state index in [1.165, 1.54) is 44.1 Å². The van der Waals surface area contributed by atoms with Gasteiger partial charge >= 0.3 is 0 Å². The second-order valence-electron chi connectivity index (χ2n) is 4.95. The first-order valence-corrected chi connectivity index (χ1v) is 5.55. The lowest BCUT2D eigenvalue weighted by molar-refractivity contribution is 0.0685. The van der Waals surface area contributed by atoms with Gasteiger partial charge in [0, 0.05) is 0 Å². The molecule has 2 unspecified atom stereocenters. The van der Waals surface area contributed by atoms with Gasteiger partial charge in [0.2, 0.25) is 0 Å². The van der Waals surface area contributed by atoms with Gasteiger partial charge in [0.15, 0.2) is 0 Å². The van der Waals surface area contributed by atoms with Crippen molar-refractivity contribution in [2.45, 2.75) is 45.4 Å². The fourth-order valence-electron chi connectivity index (χ4n) is 2.87. The molecule has 0 aliphatic heterocycles. The van der Waals surface area contributed by atoms with Gasteiger partial charge in [-0.15, -0.1) is 0 Å². The van der Waals surface area contributed by atoms with Crippen LogP contribution in [0, 0.1) is 11.3 Å². The second-order valence-corrected chi connectivity index (χ2v) is 4.95. The van der Waals surface area contributed by atoms with Crippen LogP contribution in [0.1, 0.15) is 45.4 Å². The van der Waals surface area contributed by atoms with E-state index in [1.807, 2.05) is 0 Å². The van der Waals surface area contributed by atoms with Gasteiger partial charge in [0.1, 0.15) is 0 Å². The predicted octanol–water partition coefficient (Wildman–Crippen LogP) is 4.09. The second kappa shape index (κ2) is 3.32. The highest BCUT2D eigenvalue weighted by Crippen LogP contribution is 2.53. The molecule has 0 bridgehead atoms. The maximum absolute atomic E-state index is 4.25. The monoisotopic (exact) mass is 176 g/mol. The summed E-state index contributed by atoms with van der Waals surface area (Å²) in [5.74, 6) is 0.840. The van der Waals surface area contributed by atoms with Crippen LogP contribution in [0.3, 0.4) is 0 Å². The van der Waals surface area contributed by atoms with Gasteiger partial charge in [-0.3, -0.25) is 0 Å². The highest BCUT2D eigenvalue weighted by atomic mass is 14.5. The smallest absolute Gasteiger partial charge is 0.0151 e. The maximum atomic E-state index is 4.25. The molecule has 0 aromatic heterocycles. The summed E-state index contributed by atoms with van der Waals surface area (Å²) in [4.78, 5) is 0. The summed E-state index contributed by atoms with van der Waals surface area (Å²) in [5.41, 5.74) is 2.12. The third-order valence-corrected chi connectivity index (χ3v) is 4.02. The summed E-state index contributed by atoms with van der Waals surface area (Å²) in [5, 5.41) is 0. The van der Waals surface area contributed by atoms with Gasteiger partial charge < -0.3 is 0 Å². The molecular weight excluding hydrogens is 156 g/mol. The Morgan fingerprint density at radius 1 is 1.31 bits per heavy atom. The van der Waals surface area contributed by atoms with Crippen molar-refractivity contribution in [2.24, 2.45) is 11.3 Å². The van der Waals surface area contributed by atoms with Gasteiger partial charge in [-0.2, -0.15) is 0 Å². The lowest BCUT2D eigenvalue weighted by atomic mass is 9.56. The number of allylic oxidation sites excluding steroid dienone is 3. The summed E-state index contributed by atoms with van der Waals surface area (Å²) in [7, 11) is 0. The number of hydrogen-bond acceptors (Lipinski definition) is 0. The molecular formula is C13H20. The molecule has 2 atom stereocenters. The molecule has 0 spiro atoms. The topological polar surface area (TPSA) is 0 Å². The molecule has 0 heteroatoms. The van der Waals surface area contributed by atoms with E-state index in [1.54, 1.807) is 0 Å². The minimum absolute atomic E-state index is 0.603. The Morgan fingerprint density at radius 3 is 2.77 bits per heavy atom. The molecule has 0 aromatic carbocycles. The van der Waals surface area contributed by atoms with E-state index in [9.17, 15) is 0 Å². The third-order valence-electron chi connectivity index (χ3n) is 4.02. The summed E-state index contributed by atoms with van der Waals surface area (Å²) >= 11 is 0. The van der Waals surface area contributed by atoms with Crippen molar-refractivity contribution in [3.05, 3.63) is 24.3 Å². The van der Waals surface area contributed by atoms with Crippen LogP contribution in [0.25, 0.3) is 0 Å². The van der Waals surface area contributed by atoms with Crippen LogP contribution in [-0.2, 0) is 0 Å². The Balaban J connectivity index is 2.11. The molecule has 0 amide bonds. The van der Waals surface area contributed by atoms with E-state index in [0.717, 1.165) is 5.92 Å². The van der Waals surface area contributed by atoms with E-state index in [4.69, 9.17) is 0 Å². The first kappa shape index (κ1) is 9.05. The zero-order valence-corrected chi connectivity index (χ0v) is 8.68. The zero-order chi connectivity index (χ0) is 9.31. The van der Waals surface area contributed by atoms with Gasteiger partial charge in [-0.05, 0) is 49.9 Å². The fourth-order valence-corrected chi connectivity index (χ4v) is 2.87. The van der Waals surface area contributed by atoms with Crippen molar-refractivity contribution in [3.63, 3.8) is 0 Å². The summed E-state index contributed by atoms with van der Waals surface area (Å²) < 4.78 is 0. The van der Waals surface area contributed by atoms with Crippen LogP contribution >= 0.6 is 0 Å². The van der Waals surface area contributed by atoms with Crippen LogP contribution in [0.15, 0.2) is 24.3 Å². The van der Waals surface area contributed by atoms with Gasteiger partial charge in [-0.1, -0.05) is 31.2 Å². The molecule has 2 aliphatic rings. The van der Waals surface area contributed by atoms with E-state index in [-0.39, 0.29) is 0 Å². The molecule has 0 radical (unpaired) electrons. The third kappa shape index (κ3) is 1.59. The molecule has 0 heterocycles. The molecule has 72 valence electrons. The van der Waals surface area contributed by atoms with Crippen LogP contribution < -0.4 is 0 Å². The number of rotatable bonds is 0. The lowest BCUT2D eigenvalue weighted by Gasteiger charge is -2.48. The first-order chi connectivity index (χ1) is 6.22. The van der Waals surface area contributed by atoms with Crippen molar-refractivity contribution in [3.8, 4) is 0 Å². The van der Waals surface area contributed by atoms with Gasteiger partial charge in [-0.25, -0.2) is 0 Å². The van der Waals surface area contributed by atoms with Crippen molar-refractivity contribution >= 4 is 0 Å². The molecule has 1 fully saturated rings. The summed E-state index contributed by atoms with van der Waals surface area (Å²) in [6.45, 7) is 6.70. The Morgan fingerprint density at radius 2 is 2.08 bits per heavy atom. The minimum atomic E-state index is 0.603. The average Bonchev–Trinajstić information content (AvgIpc) is 2.11. The molecule has 0 aromatic rings. The SMILES string of the molecule is C=C1CCC=CCCC2(C)CCC12. The molecule has 2 rings (SSSR count). The lowest BCUT2D eigenvalue weighted by Crippen LogP contribution is -2.38. The normalized spacial score (nSPS) is 39.8. The van der Waals surface area contributed by atoms with E-state index in [2.05, 4.69) is 25.7 Å². The molecule has 0 N–H and O–H groups in total. The zero-order valence-electron chi connectivity index (χ0n) is 8.68. The molecule has 0 saturated heterocycles. The van der Waals surface area contributed by atoms with Crippen molar-refractivity contribution in [1.29, 1.82) is 0 Å². The fraction of sp³-hybridized carbons (Fsp3) is 0.692. The summed E-state index contributed by atoms with van der Waals surface area (Å²) in [6, 6.07) is 0. The maximum Gasteiger partial charge on any atom is -0.0151 e. The first-order valence-electron chi connectivity index (χ1n) is 5.55. The van der Waals surface area contributed by atoms with Crippen molar-refractivity contribution in [2.75, 3.05) is 0 Å². The molecule has 2 aliphatic carbocycles. The average molecular weight is 176 g/mol. The number of fused-ring (bicyclic) bond motifs is 1. The largest absolute Gasteiger partial charge is 0.0995 e. The van der Waals surface area contributed by atoms with Crippen LogP contribution in [0.4, 0.5) is 0 Å².